The molecule has 4 rings (SSSR count). The van der Waals surface area contributed by atoms with Crippen molar-refractivity contribution in [1.29, 1.82) is 0 Å². The quantitative estimate of drug-likeness (QED) is 0.403. The molecule has 0 aliphatic heterocycles. The van der Waals surface area contributed by atoms with E-state index in [1.54, 1.807) is 16.9 Å². The third-order valence-corrected chi connectivity index (χ3v) is 5.87. The van der Waals surface area contributed by atoms with Gasteiger partial charge in [0.15, 0.2) is 5.65 Å². The summed E-state index contributed by atoms with van der Waals surface area (Å²) in [6.07, 6.45) is 1.11. The van der Waals surface area contributed by atoms with E-state index in [4.69, 9.17) is 0 Å². The third-order valence-electron chi connectivity index (χ3n) is 5.87. The first-order chi connectivity index (χ1) is 15.3. The number of halogens is 3. The van der Waals surface area contributed by atoms with Gasteiger partial charge in [0.1, 0.15) is 0 Å². The molecule has 32 heavy (non-hydrogen) atoms. The Morgan fingerprint density at radius 1 is 0.969 bits per heavy atom. The maximum absolute atomic E-state index is 12.9. The van der Waals surface area contributed by atoms with Crippen LogP contribution < -0.4 is 0 Å². The molecular weight excluding hydrogens is 415 g/mol. The summed E-state index contributed by atoms with van der Waals surface area (Å²) in [5.74, 6) is 0. The molecule has 0 radical (unpaired) electrons. The van der Waals surface area contributed by atoms with Gasteiger partial charge in [-0.2, -0.15) is 18.3 Å². The van der Waals surface area contributed by atoms with E-state index in [0.717, 1.165) is 30.7 Å². The van der Waals surface area contributed by atoms with Crippen LogP contribution in [0.1, 0.15) is 36.6 Å². The van der Waals surface area contributed by atoms with Gasteiger partial charge in [-0.25, -0.2) is 9.50 Å². The number of aliphatic hydroxyl groups is 1. The molecule has 0 amide bonds. The second-order valence-corrected chi connectivity index (χ2v) is 8.25. The van der Waals surface area contributed by atoms with Gasteiger partial charge < -0.3 is 5.11 Å². The summed E-state index contributed by atoms with van der Waals surface area (Å²) < 4.78 is 40.6. The van der Waals surface area contributed by atoms with E-state index in [2.05, 4.69) is 29.1 Å². The standard InChI is InChI=1S/C25H24F3N3O/c1-24(13-5-15-32,16-18-6-3-2-4-7-18)22-12-14-29-23-21(17-30-31(22)23)19-8-10-20(11-9-19)25(26,27)28/h2-4,6-12,14,17,32H,5,13,15-16H2,1H3. The molecule has 2 heterocycles. The second-order valence-electron chi connectivity index (χ2n) is 8.25. The zero-order chi connectivity index (χ0) is 22.8. The minimum atomic E-state index is -4.38. The average Bonchev–Trinajstić information content (AvgIpc) is 3.22. The van der Waals surface area contributed by atoms with Gasteiger partial charge in [0.05, 0.1) is 17.5 Å². The molecule has 1 N–H and O–H groups in total. The van der Waals surface area contributed by atoms with E-state index in [0.29, 0.717) is 23.2 Å². The number of alkyl halides is 3. The highest BCUT2D eigenvalue weighted by molar-refractivity contribution is 5.77. The number of benzene rings is 2. The molecule has 4 aromatic rings. The number of aliphatic hydroxyl groups excluding tert-OH is 1. The molecule has 0 fully saturated rings. The Morgan fingerprint density at radius 3 is 2.34 bits per heavy atom. The maximum Gasteiger partial charge on any atom is 0.416 e. The number of fused-ring (bicyclic) bond motifs is 1. The molecule has 0 spiro atoms. The maximum atomic E-state index is 12.9. The van der Waals surface area contributed by atoms with E-state index >= 15 is 0 Å². The molecular formula is C25H24F3N3O. The van der Waals surface area contributed by atoms with Crippen LogP contribution in [-0.4, -0.2) is 26.3 Å². The Morgan fingerprint density at radius 2 is 1.69 bits per heavy atom. The lowest BCUT2D eigenvalue weighted by molar-refractivity contribution is -0.137. The van der Waals surface area contributed by atoms with Crippen molar-refractivity contribution in [2.24, 2.45) is 0 Å². The van der Waals surface area contributed by atoms with Crippen LogP contribution >= 0.6 is 0 Å². The number of hydrogen-bond acceptors (Lipinski definition) is 3. The van der Waals surface area contributed by atoms with Crippen LogP contribution in [-0.2, 0) is 18.0 Å². The highest BCUT2D eigenvalue weighted by Gasteiger charge is 2.31. The summed E-state index contributed by atoms with van der Waals surface area (Å²) in [7, 11) is 0. The van der Waals surface area contributed by atoms with Gasteiger partial charge in [0, 0.05) is 23.8 Å². The van der Waals surface area contributed by atoms with Gasteiger partial charge in [-0.1, -0.05) is 49.4 Å². The van der Waals surface area contributed by atoms with Crippen LogP contribution in [0, 0.1) is 0 Å². The summed E-state index contributed by atoms with van der Waals surface area (Å²) in [5.41, 5.74) is 2.99. The van der Waals surface area contributed by atoms with E-state index in [1.165, 1.54) is 17.7 Å². The predicted molar refractivity (Wildman–Crippen MR) is 117 cm³/mol. The summed E-state index contributed by atoms with van der Waals surface area (Å²) in [6.45, 7) is 2.23. The first-order valence-corrected chi connectivity index (χ1v) is 10.5. The Hall–Kier alpha value is -3.19. The van der Waals surface area contributed by atoms with E-state index in [1.807, 2.05) is 24.3 Å². The molecule has 1 unspecified atom stereocenters. The largest absolute Gasteiger partial charge is 0.416 e. The molecule has 0 saturated carbocycles. The Bertz CT molecular complexity index is 1190. The molecule has 4 nitrogen and oxygen atoms in total. The average molecular weight is 439 g/mol. The Balaban J connectivity index is 1.77. The predicted octanol–water partition coefficient (Wildman–Crippen LogP) is 5.69. The molecule has 2 aromatic carbocycles. The van der Waals surface area contributed by atoms with Crippen molar-refractivity contribution in [2.45, 2.75) is 37.8 Å². The van der Waals surface area contributed by atoms with Crippen molar-refractivity contribution in [2.75, 3.05) is 6.61 Å². The van der Waals surface area contributed by atoms with Crippen molar-refractivity contribution in [3.05, 3.63) is 89.9 Å². The van der Waals surface area contributed by atoms with Gasteiger partial charge in [-0.05, 0) is 48.6 Å². The topological polar surface area (TPSA) is 50.4 Å². The summed E-state index contributed by atoms with van der Waals surface area (Å²) in [6, 6.07) is 17.1. The van der Waals surface area contributed by atoms with Gasteiger partial charge in [-0.3, -0.25) is 0 Å². The third kappa shape index (κ3) is 4.39. The minimum absolute atomic E-state index is 0.0918. The molecule has 1 atom stereocenters. The fourth-order valence-electron chi connectivity index (χ4n) is 4.21. The first-order valence-electron chi connectivity index (χ1n) is 10.5. The molecule has 7 heteroatoms. The summed E-state index contributed by atoms with van der Waals surface area (Å²) >= 11 is 0. The van der Waals surface area contributed by atoms with Crippen molar-refractivity contribution in [1.82, 2.24) is 14.6 Å². The normalized spacial score (nSPS) is 13.9. The van der Waals surface area contributed by atoms with Gasteiger partial charge in [0.2, 0.25) is 0 Å². The Labute approximate surface area is 184 Å². The van der Waals surface area contributed by atoms with E-state index < -0.39 is 11.7 Å². The molecule has 2 aromatic heterocycles. The Kier molecular flexibility index (Phi) is 6.02. The molecule has 0 aliphatic rings. The van der Waals surface area contributed by atoms with Gasteiger partial charge >= 0.3 is 6.18 Å². The highest BCUT2D eigenvalue weighted by atomic mass is 19.4. The smallest absolute Gasteiger partial charge is 0.396 e. The van der Waals surface area contributed by atoms with E-state index in [9.17, 15) is 18.3 Å². The highest BCUT2D eigenvalue weighted by Crippen LogP contribution is 2.35. The van der Waals surface area contributed by atoms with Gasteiger partial charge in [-0.15, -0.1) is 0 Å². The van der Waals surface area contributed by atoms with Crippen molar-refractivity contribution in [3.63, 3.8) is 0 Å². The fraction of sp³-hybridized carbons (Fsp3) is 0.280. The SMILES string of the molecule is CC(CCCO)(Cc1ccccc1)c1ccnc2c(-c3ccc(C(F)(F)F)cc3)cnn12. The number of hydrogen-bond donors (Lipinski definition) is 1. The van der Waals surface area contributed by atoms with Crippen LogP contribution in [0.25, 0.3) is 16.8 Å². The zero-order valence-electron chi connectivity index (χ0n) is 17.7. The van der Waals surface area contributed by atoms with Crippen LogP contribution in [0.15, 0.2) is 73.1 Å². The summed E-state index contributed by atoms with van der Waals surface area (Å²) in [4.78, 5) is 4.48. The second kappa shape index (κ2) is 8.74. The lowest BCUT2D eigenvalue weighted by atomic mass is 9.76. The minimum Gasteiger partial charge on any atom is -0.396 e. The van der Waals surface area contributed by atoms with Crippen LogP contribution in [0.2, 0.25) is 0 Å². The monoisotopic (exact) mass is 439 g/mol. The first kappa shape index (κ1) is 22.0. The zero-order valence-corrected chi connectivity index (χ0v) is 17.7. The fourth-order valence-corrected chi connectivity index (χ4v) is 4.21. The number of rotatable bonds is 7. The lowest BCUT2D eigenvalue weighted by Gasteiger charge is -2.30. The molecule has 0 aliphatic carbocycles. The van der Waals surface area contributed by atoms with Crippen molar-refractivity contribution >= 4 is 5.65 Å². The molecule has 0 bridgehead atoms. The summed E-state index contributed by atoms with van der Waals surface area (Å²) in [5, 5.41) is 14.0. The van der Waals surface area contributed by atoms with Crippen LogP contribution in [0.3, 0.4) is 0 Å². The van der Waals surface area contributed by atoms with Crippen molar-refractivity contribution < 1.29 is 18.3 Å². The number of aromatic nitrogens is 3. The molecule has 0 saturated heterocycles. The van der Waals surface area contributed by atoms with Gasteiger partial charge in [0.25, 0.3) is 0 Å². The van der Waals surface area contributed by atoms with Crippen molar-refractivity contribution in [3.8, 4) is 11.1 Å². The van der Waals surface area contributed by atoms with E-state index in [-0.39, 0.29) is 12.0 Å². The van der Waals surface area contributed by atoms with Crippen LogP contribution in [0.5, 0.6) is 0 Å². The molecule has 166 valence electrons. The number of nitrogens with zero attached hydrogens (tertiary/aromatic N) is 3. The lowest BCUT2D eigenvalue weighted by Crippen LogP contribution is -2.29. The van der Waals surface area contributed by atoms with Crippen LogP contribution in [0.4, 0.5) is 13.2 Å².